The van der Waals surface area contributed by atoms with Crippen LogP contribution in [0.25, 0.3) is 11.1 Å². The van der Waals surface area contributed by atoms with E-state index in [9.17, 15) is 4.79 Å². The molecule has 0 fully saturated rings. The molecule has 0 saturated heterocycles. The highest BCUT2D eigenvalue weighted by Gasteiger charge is 2.29. The first kappa shape index (κ1) is 9.59. The molecular formula is C13H10O2. The van der Waals surface area contributed by atoms with Crippen molar-refractivity contribution in [3.63, 3.8) is 0 Å². The van der Waals surface area contributed by atoms with Crippen molar-refractivity contribution < 1.29 is 9.59 Å². The van der Waals surface area contributed by atoms with Crippen LogP contribution in [0.2, 0.25) is 0 Å². The fraction of sp³-hybridized carbons (Fsp3) is 0.0769. The van der Waals surface area contributed by atoms with E-state index < -0.39 is 0 Å². The summed E-state index contributed by atoms with van der Waals surface area (Å²) in [4.78, 5) is 19.5. The summed E-state index contributed by atoms with van der Waals surface area (Å²) in [6, 6.07) is 8.10. The highest BCUT2D eigenvalue weighted by molar-refractivity contribution is 6.38. The molecule has 0 radical (unpaired) electrons. The number of ketones is 1. The number of allylic oxidation sites excluding steroid dienone is 4. The monoisotopic (exact) mass is 198 g/mol. The Morgan fingerprint density at radius 1 is 1.07 bits per heavy atom. The predicted octanol–water partition coefficient (Wildman–Crippen LogP) is 2.25. The maximum atomic E-state index is 11.5. The fourth-order valence-corrected chi connectivity index (χ4v) is 2.06. The van der Waals surface area contributed by atoms with E-state index in [0.717, 1.165) is 17.6 Å². The number of hydrogen-bond donors (Lipinski definition) is 0. The summed E-state index contributed by atoms with van der Waals surface area (Å²) in [6.45, 7) is 2.00. The lowest BCUT2D eigenvalue weighted by Crippen LogP contribution is -2.15. The number of hydrogen-bond acceptors (Lipinski definition) is 2. The van der Waals surface area contributed by atoms with Crippen LogP contribution >= 0.6 is 0 Å². The molecular weight excluding hydrogens is 188 g/mol. The van der Waals surface area contributed by atoms with Crippen molar-refractivity contribution >= 4 is 23.7 Å². The molecule has 0 spiro atoms. The van der Waals surface area contributed by atoms with E-state index in [1.807, 2.05) is 31.1 Å². The zero-order valence-electron chi connectivity index (χ0n) is 8.19. The second kappa shape index (κ2) is 3.65. The van der Waals surface area contributed by atoms with E-state index in [2.05, 4.69) is 6.07 Å². The summed E-state index contributed by atoms with van der Waals surface area (Å²) in [5, 5.41) is 0. The van der Waals surface area contributed by atoms with Gasteiger partial charge in [0.1, 0.15) is 6.79 Å². The van der Waals surface area contributed by atoms with Crippen LogP contribution in [-0.4, -0.2) is 12.6 Å². The van der Waals surface area contributed by atoms with Crippen LogP contribution in [-0.2, 0) is 9.59 Å². The Labute approximate surface area is 87.9 Å². The minimum absolute atomic E-state index is 0.167. The van der Waals surface area contributed by atoms with E-state index in [1.54, 1.807) is 6.08 Å². The van der Waals surface area contributed by atoms with Crippen molar-refractivity contribution in [1.82, 2.24) is 0 Å². The molecule has 15 heavy (non-hydrogen) atoms. The van der Waals surface area contributed by atoms with Crippen molar-refractivity contribution in [3.05, 3.63) is 47.5 Å². The number of carbonyl (C=O) groups is 2. The third kappa shape index (κ3) is 1.26. The fourth-order valence-electron chi connectivity index (χ4n) is 2.06. The van der Waals surface area contributed by atoms with Gasteiger partial charge in [0, 0.05) is 5.57 Å². The molecule has 0 heterocycles. The molecule has 0 aliphatic heterocycles. The maximum absolute atomic E-state index is 11.5. The Hall–Kier alpha value is -1.96. The molecule has 1 aromatic carbocycles. The topological polar surface area (TPSA) is 34.1 Å². The van der Waals surface area contributed by atoms with Crippen LogP contribution in [0.1, 0.15) is 17.5 Å². The van der Waals surface area contributed by atoms with Gasteiger partial charge in [-0.1, -0.05) is 30.3 Å². The molecule has 2 aliphatic rings. The van der Waals surface area contributed by atoms with E-state index in [-0.39, 0.29) is 5.78 Å². The molecule has 0 saturated carbocycles. The molecule has 2 heteroatoms. The lowest BCUT2D eigenvalue weighted by Gasteiger charge is -2.27. The number of fused-ring (bicyclic) bond motifs is 3. The molecule has 2 nitrogen and oxygen atoms in total. The van der Waals surface area contributed by atoms with Crippen LogP contribution in [0.4, 0.5) is 0 Å². The Bertz CT molecular complexity index is 481. The van der Waals surface area contributed by atoms with Gasteiger partial charge in [0.2, 0.25) is 0 Å². The molecule has 1 aromatic rings. The average Bonchev–Trinajstić information content (AvgIpc) is 2.28. The second-order valence-corrected chi connectivity index (χ2v) is 3.37. The number of benzene rings is 1. The van der Waals surface area contributed by atoms with E-state index in [4.69, 9.17) is 4.79 Å². The van der Waals surface area contributed by atoms with Gasteiger partial charge < -0.3 is 4.79 Å². The minimum atomic E-state index is 0.167. The summed E-state index contributed by atoms with van der Waals surface area (Å²) in [5.74, 6) is 0.167. The summed E-state index contributed by atoms with van der Waals surface area (Å²) in [5.41, 5.74) is 4.56. The number of carbonyl (C=O) groups excluding carboxylic acids is 2. The largest absolute Gasteiger partial charge is 0.307 e. The lowest BCUT2D eigenvalue weighted by molar-refractivity contribution is -0.109. The van der Waals surface area contributed by atoms with Crippen LogP contribution in [0.5, 0.6) is 0 Å². The summed E-state index contributed by atoms with van der Waals surface area (Å²) < 4.78 is 0. The Kier molecular flexibility index (Phi) is 2.34. The maximum Gasteiger partial charge on any atom is 0.186 e. The first-order valence-corrected chi connectivity index (χ1v) is 4.70. The van der Waals surface area contributed by atoms with Crippen molar-refractivity contribution in [3.8, 4) is 0 Å². The minimum Gasteiger partial charge on any atom is -0.307 e. The van der Waals surface area contributed by atoms with Crippen molar-refractivity contribution in [2.45, 2.75) is 6.42 Å². The normalized spacial score (nSPS) is 15.9. The van der Waals surface area contributed by atoms with Crippen molar-refractivity contribution in [2.75, 3.05) is 0 Å². The smallest absolute Gasteiger partial charge is 0.186 e. The molecule has 0 amide bonds. The van der Waals surface area contributed by atoms with Crippen LogP contribution < -0.4 is 0 Å². The predicted molar refractivity (Wildman–Crippen MR) is 59.1 cm³/mol. The Balaban J connectivity index is 0.000000404. The standard InChI is InChI=1S/C12H8O.CH2O/c13-11-7-3-6-10-8-4-1-2-5-9(8)12(10)11;1-2/h1-5,7H,6H2;1H2. The van der Waals surface area contributed by atoms with E-state index >= 15 is 0 Å². The van der Waals surface area contributed by atoms with Gasteiger partial charge in [0.05, 0.1) is 0 Å². The number of rotatable bonds is 0. The quantitative estimate of drug-likeness (QED) is 0.640. The van der Waals surface area contributed by atoms with Gasteiger partial charge in [-0.05, 0) is 29.2 Å². The van der Waals surface area contributed by atoms with Gasteiger partial charge in [0.15, 0.2) is 5.78 Å². The van der Waals surface area contributed by atoms with Gasteiger partial charge in [-0.3, -0.25) is 4.79 Å². The van der Waals surface area contributed by atoms with Gasteiger partial charge in [-0.25, -0.2) is 0 Å². The van der Waals surface area contributed by atoms with Gasteiger partial charge in [0.25, 0.3) is 0 Å². The molecule has 2 aliphatic carbocycles. The zero-order chi connectivity index (χ0) is 10.8. The van der Waals surface area contributed by atoms with Crippen molar-refractivity contribution in [1.29, 1.82) is 0 Å². The third-order valence-electron chi connectivity index (χ3n) is 2.66. The van der Waals surface area contributed by atoms with Crippen LogP contribution in [0, 0.1) is 0 Å². The molecule has 0 unspecified atom stereocenters. The van der Waals surface area contributed by atoms with Crippen molar-refractivity contribution in [2.24, 2.45) is 0 Å². The zero-order valence-corrected chi connectivity index (χ0v) is 8.19. The second-order valence-electron chi connectivity index (χ2n) is 3.37. The summed E-state index contributed by atoms with van der Waals surface area (Å²) in [7, 11) is 0. The Morgan fingerprint density at radius 3 is 2.47 bits per heavy atom. The lowest BCUT2D eigenvalue weighted by atomic mass is 9.75. The van der Waals surface area contributed by atoms with Gasteiger partial charge >= 0.3 is 0 Å². The van der Waals surface area contributed by atoms with E-state index in [0.29, 0.717) is 0 Å². The molecule has 0 N–H and O–H groups in total. The van der Waals surface area contributed by atoms with E-state index in [1.165, 1.54) is 11.1 Å². The highest BCUT2D eigenvalue weighted by Crippen LogP contribution is 2.44. The molecule has 0 aromatic heterocycles. The van der Waals surface area contributed by atoms with Gasteiger partial charge in [-0.15, -0.1) is 0 Å². The third-order valence-corrected chi connectivity index (χ3v) is 2.66. The molecule has 74 valence electrons. The highest BCUT2D eigenvalue weighted by atomic mass is 16.1. The van der Waals surface area contributed by atoms with Gasteiger partial charge in [-0.2, -0.15) is 0 Å². The summed E-state index contributed by atoms with van der Waals surface area (Å²) >= 11 is 0. The first-order chi connectivity index (χ1) is 7.38. The average molecular weight is 198 g/mol. The first-order valence-electron chi connectivity index (χ1n) is 4.70. The summed E-state index contributed by atoms with van der Waals surface area (Å²) in [6.07, 6.45) is 4.53. The van der Waals surface area contributed by atoms with Crippen LogP contribution in [0.3, 0.4) is 0 Å². The Morgan fingerprint density at radius 2 is 1.73 bits per heavy atom. The molecule has 0 bridgehead atoms. The van der Waals surface area contributed by atoms with Crippen LogP contribution in [0.15, 0.2) is 36.4 Å². The molecule has 3 rings (SSSR count). The molecule has 0 atom stereocenters. The SMILES string of the molecule is C=O.O=C1C=CCC2=C1c1ccccc12.